The Balaban J connectivity index is 2.49. The van der Waals surface area contributed by atoms with E-state index < -0.39 is 0 Å². The SMILES string of the molecule is CC(Cl)CC(C)NC(=O)c1ccccc1. The molecular weight excluding hydrogens is 210 g/mol. The topological polar surface area (TPSA) is 29.1 Å². The van der Waals surface area contributed by atoms with Gasteiger partial charge in [-0.2, -0.15) is 0 Å². The van der Waals surface area contributed by atoms with Gasteiger partial charge in [-0.25, -0.2) is 0 Å². The maximum absolute atomic E-state index is 11.7. The summed E-state index contributed by atoms with van der Waals surface area (Å²) in [6.45, 7) is 3.88. The minimum atomic E-state index is -0.0413. The van der Waals surface area contributed by atoms with Gasteiger partial charge >= 0.3 is 0 Å². The van der Waals surface area contributed by atoms with Crippen molar-refractivity contribution in [1.29, 1.82) is 0 Å². The maximum atomic E-state index is 11.7. The van der Waals surface area contributed by atoms with Crippen molar-refractivity contribution in [1.82, 2.24) is 5.32 Å². The Hall–Kier alpha value is -1.02. The summed E-state index contributed by atoms with van der Waals surface area (Å²) in [5, 5.41) is 2.98. The fourth-order valence-electron chi connectivity index (χ4n) is 1.44. The van der Waals surface area contributed by atoms with Crippen LogP contribution in [-0.2, 0) is 0 Å². The van der Waals surface area contributed by atoms with Crippen molar-refractivity contribution in [3.63, 3.8) is 0 Å². The Morgan fingerprint density at radius 2 is 1.93 bits per heavy atom. The van der Waals surface area contributed by atoms with Gasteiger partial charge in [-0.05, 0) is 32.4 Å². The molecule has 0 saturated heterocycles. The molecule has 0 bridgehead atoms. The quantitative estimate of drug-likeness (QED) is 0.785. The lowest BCUT2D eigenvalue weighted by Crippen LogP contribution is -2.33. The smallest absolute Gasteiger partial charge is 0.251 e. The second kappa shape index (κ2) is 5.76. The Labute approximate surface area is 95.6 Å². The number of carbonyl (C=O) groups excluding carboxylic acids is 1. The number of rotatable bonds is 4. The zero-order valence-corrected chi connectivity index (χ0v) is 9.79. The summed E-state index contributed by atoms with van der Waals surface area (Å²) >= 11 is 5.85. The molecule has 1 aromatic rings. The molecule has 0 aliphatic heterocycles. The van der Waals surface area contributed by atoms with E-state index in [2.05, 4.69) is 5.32 Å². The van der Waals surface area contributed by atoms with Gasteiger partial charge in [0.05, 0.1) is 0 Å². The van der Waals surface area contributed by atoms with Crippen LogP contribution in [0, 0.1) is 0 Å². The van der Waals surface area contributed by atoms with Crippen LogP contribution in [0.2, 0.25) is 0 Å². The molecule has 1 N–H and O–H groups in total. The third-order valence-electron chi connectivity index (χ3n) is 2.09. The second-order valence-electron chi connectivity index (χ2n) is 3.76. The van der Waals surface area contributed by atoms with Crippen molar-refractivity contribution in [2.75, 3.05) is 0 Å². The predicted molar refractivity (Wildman–Crippen MR) is 63.3 cm³/mol. The first kappa shape index (κ1) is 12.1. The van der Waals surface area contributed by atoms with Gasteiger partial charge in [0.25, 0.3) is 5.91 Å². The Kier molecular flexibility index (Phi) is 4.63. The van der Waals surface area contributed by atoms with Crippen molar-refractivity contribution in [3.8, 4) is 0 Å². The van der Waals surface area contributed by atoms with Gasteiger partial charge in [0.1, 0.15) is 0 Å². The first-order valence-electron chi connectivity index (χ1n) is 5.09. The number of amides is 1. The van der Waals surface area contributed by atoms with Gasteiger partial charge < -0.3 is 5.32 Å². The zero-order valence-electron chi connectivity index (χ0n) is 9.03. The number of alkyl halides is 1. The summed E-state index contributed by atoms with van der Waals surface area (Å²) in [5.41, 5.74) is 0.687. The van der Waals surface area contributed by atoms with Crippen molar-refractivity contribution in [2.45, 2.75) is 31.7 Å². The highest BCUT2D eigenvalue weighted by atomic mass is 35.5. The first-order chi connectivity index (χ1) is 7.09. The second-order valence-corrected chi connectivity index (χ2v) is 4.50. The number of benzene rings is 1. The van der Waals surface area contributed by atoms with E-state index in [-0.39, 0.29) is 17.3 Å². The summed E-state index contributed by atoms with van der Waals surface area (Å²) in [5.74, 6) is -0.0413. The molecule has 0 saturated carbocycles. The maximum Gasteiger partial charge on any atom is 0.251 e. The molecule has 0 aliphatic carbocycles. The monoisotopic (exact) mass is 225 g/mol. The molecule has 3 heteroatoms. The van der Waals surface area contributed by atoms with Crippen LogP contribution in [-0.4, -0.2) is 17.3 Å². The summed E-state index contributed by atoms with van der Waals surface area (Å²) in [4.78, 5) is 11.7. The Morgan fingerprint density at radius 3 is 2.47 bits per heavy atom. The van der Waals surface area contributed by atoms with Gasteiger partial charge in [-0.15, -0.1) is 11.6 Å². The van der Waals surface area contributed by atoms with Crippen molar-refractivity contribution >= 4 is 17.5 Å². The fourth-order valence-corrected chi connectivity index (χ4v) is 1.71. The lowest BCUT2D eigenvalue weighted by Gasteiger charge is -2.14. The van der Waals surface area contributed by atoms with Crippen LogP contribution in [0.5, 0.6) is 0 Å². The normalized spacial score (nSPS) is 14.3. The number of hydrogen-bond donors (Lipinski definition) is 1. The fraction of sp³-hybridized carbons (Fsp3) is 0.417. The van der Waals surface area contributed by atoms with E-state index in [1.807, 2.05) is 32.0 Å². The molecule has 2 unspecified atom stereocenters. The molecule has 2 atom stereocenters. The number of carbonyl (C=O) groups is 1. The average Bonchev–Trinajstić information content (AvgIpc) is 2.17. The zero-order chi connectivity index (χ0) is 11.3. The lowest BCUT2D eigenvalue weighted by molar-refractivity contribution is 0.0938. The predicted octanol–water partition coefficient (Wildman–Crippen LogP) is 2.82. The molecule has 2 nitrogen and oxygen atoms in total. The van der Waals surface area contributed by atoms with Crippen molar-refractivity contribution in [3.05, 3.63) is 35.9 Å². The Bertz CT molecular complexity index is 311. The highest BCUT2D eigenvalue weighted by Gasteiger charge is 2.10. The van der Waals surface area contributed by atoms with E-state index in [1.165, 1.54) is 0 Å². The van der Waals surface area contributed by atoms with E-state index in [9.17, 15) is 4.79 Å². The summed E-state index contributed by atoms with van der Waals surface area (Å²) < 4.78 is 0. The molecule has 1 rings (SSSR count). The summed E-state index contributed by atoms with van der Waals surface area (Å²) in [6, 6.07) is 9.29. The number of nitrogens with one attached hydrogen (secondary N) is 1. The van der Waals surface area contributed by atoms with Crippen LogP contribution in [0.25, 0.3) is 0 Å². The molecule has 82 valence electrons. The largest absolute Gasteiger partial charge is 0.350 e. The molecule has 0 fully saturated rings. The molecule has 0 spiro atoms. The molecule has 1 amide bonds. The van der Waals surface area contributed by atoms with Gasteiger partial charge in [0.2, 0.25) is 0 Å². The molecule has 0 aliphatic rings. The molecule has 1 aromatic carbocycles. The minimum Gasteiger partial charge on any atom is -0.350 e. The molecular formula is C12H16ClNO. The summed E-state index contributed by atoms with van der Waals surface area (Å²) in [6.07, 6.45) is 0.778. The van der Waals surface area contributed by atoms with Gasteiger partial charge in [0, 0.05) is 17.0 Å². The van der Waals surface area contributed by atoms with Crippen molar-refractivity contribution in [2.24, 2.45) is 0 Å². The van der Waals surface area contributed by atoms with E-state index in [0.29, 0.717) is 5.56 Å². The molecule has 0 radical (unpaired) electrons. The average molecular weight is 226 g/mol. The lowest BCUT2D eigenvalue weighted by atomic mass is 10.1. The number of halogens is 1. The first-order valence-corrected chi connectivity index (χ1v) is 5.53. The van der Waals surface area contributed by atoms with Crippen LogP contribution >= 0.6 is 11.6 Å². The van der Waals surface area contributed by atoms with E-state index in [0.717, 1.165) is 6.42 Å². The standard InChI is InChI=1S/C12H16ClNO/c1-9(13)8-10(2)14-12(15)11-6-4-3-5-7-11/h3-7,9-10H,8H2,1-2H3,(H,14,15). The summed E-state index contributed by atoms with van der Waals surface area (Å²) in [7, 11) is 0. The van der Waals surface area contributed by atoms with E-state index in [4.69, 9.17) is 11.6 Å². The van der Waals surface area contributed by atoms with Gasteiger partial charge in [-0.1, -0.05) is 18.2 Å². The van der Waals surface area contributed by atoms with Crippen molar-refractivity contribution < 1.29 is 4.79 Å². The Morgan fingerprint density at radius 1 is 1.33 bits per heavy atom. The third kappa shape index (κ3) is 4.34. The van der Waals surface area contributed by atoms with Crippen LogP contribution in [0.1, 0.15) is 30.6 Å². The van der Waals surface area contributed by atoms with E-state index in [1.54, 1.807) is 12.1 Å². The van der Waals surface area contributed by atoms with Crippen LogP contribution in [0.4, 0.5) is 0 Å². The van der Waals surface area contributed by atoms with Crippen LogP contribution in [0.15, 0.2) is 30.3 Å². The van der Waals surface area contributed by atoms with Crippen LogP contribution < -0.4 is 5.32 Å². The van der Waals surface area contributed by atoms with Gasteiger partial charge in [-0.3, -0.25) is 4.79 Å². The van der Waals surface area contributed by atoms with E-state index >= 15 is 0 Å². The third-order valence-corrected chi connectivity index (χ3v) is 2.27. The molecule has 15 heavy (non-hydrogen) atoms. The molecule has 0 aromatic heterocycles. The minimum absolute atomic E-state index is 0.0413. The number of hydrogen-bond acceptors (Lipinski definition) is 1. The van der Waals surface area contributed by atoms with Gasteiger partial charge in [0.15, 0.2) is 0 Å². The van der Waals surface area contributed by atoms with Crippen LogP contribution in [0.3, 0.4) is 0 Å². The molecule has 0 heterocycles. The highest BCUT2D eigenvalue weighted by molar-refractivity contribution is 6.20. The highest BCUT2D eigenvalue weighted by Crippen LogP contribution is 2.05.